The van der Waals surface area contributed by atoms with Crippen molar-refractivity contribution < 1.29 is 8.42 Å². The highest BCUT2D eigenvalue weighted by Crippen LogP contribution is 2.34. The van der Waals surface area contributed by atoms with Gasteiger partial charge >= 0.3 is 0 Å². The van der Waals surface area contributed by atoms with Gasteiger partial charge in [-0.3, -0.25) is 0 Å². The lowest BCUT2D eigenvalue weighted by atomic mass is 9.79. The zero-order valence-corrected chi connectivity index (χ0v) is 12.9. The minimum Gasteiger partial charge on any atom is -0.317 e. The summed E-state index contributed by atoms with van der Waals surface area (Å²) in [5.41, 5.74) is 0. The molecule has 1 aliphatic rings. The van der Waals surface area contributed by atoms with Crippen LogP contribution in [-0.2, 0) is 9.84 Å². The molecule has 0 aromatic heterocycles. The zero-order chi connectivity index (χ0) is 13.6. The predicted octanol–water partition coefficient (Wildman–Crippen LogP) is 2.62. The van der Waals surface area contributed by atoms with E-state index in [1.165, 1.54) is 25.5 Å². The molecule has 3 atom stereocenters. The van der Waals surface area contributed by atoms with Gasteiger partial charge in [-0.1, -0.05) is 26.7 Å². The molecule has 0 aromatic carbocycles. The summed E-state index contributed by atoms with van der Waals surface area (Å²) in [6.45, 7) is 6.61. The van der Waals surface area contributed by atoms with Gasteiger partial charge in [-0.15, -0.1) is 0 Å². The first-order chi connectivity index (χ1) is 8.45. The molecule has 1 saturated carbocycles. The molecule has 3 unspecified atom stereocenters. The predicted molar refractivity (Wildman–Crippen MR) is 77.5 cm³/mol. The van der Waals surface area contributed by atoms with Crippen LogP contribution in [0.2, 0.25) is 0 Å². The van der Waals surface area contributed by atoms with Crippen LogP contribution in [0.3, 0.4) is 0 Å². The molecule has 0 aliphatic heterocycles. The van der Waals surface area contributed by atoms with Crippen LogP contribution in [0, 0.1) is 11.8 Å². The molecule has 0 aromatic rings. The highest BCUT2D eigenvalue weighted by Gasteiger charge is 2.31. The van der Waals surface area contributed by atoms with Gasteiger partial charge in [-0.2, -0.15) is 0 Å². The molecule has 1 rings (SSSR count). The Kier molecular flexibility index (Phi) is 6.64. The highest BCUT2D eigenvalue weighted by atomic mass is 32.2. The van der Waals surface area contributed by atoms with E-state index < -0.39 is 9.84 Å². The third-order valence-corrected chi connectivity index (χ3v) is 5.92. The molecule has 0 radical (unpaired) electrons. The Morgan fingerprint density at radius 1 is 1.28 bits per heavy atom. The van der Waals surface area contributed by atoms with Gasteiger partial charge in [0.25, 0.3) is 0 Å². The van der Waals surface area contributed by atoms with Gasteiger partial charge in [0.15, 0.2) is 0 Å². The summed E-state index contributed by atoms with van der Waals surface area (Å²) in [7, 11) is -2.84. The van der Waals surface area contributed by atoms with E-state index in [0.29, 0.717) is 11.8 Å². The molecular weight excluding hydrogens is 246 g/mol. The second kappa shape index (κ2) is 7.49. The third kappa shape index (κ3) is 5.27. The van der Waals surface area contributed by atoms with E-state index in [1.54, 1.807) is 0 Å². The van der Waals surface area contributed by atoms with E-state index in [9.17, 15) is 8.42 Å². The average molecular weight is 275 g/mol. The fraction of sp³-hybridized carbons (Fsp3) is 1.00. The standard InChI is InChI=1S/C14H29NO2S/c1-4-9-15-10-8-12(2)13-6-5-7-14(11-13)18(3,16)17/h12-15H,4-11H2,1-3H3. The Morgan fingerprint density at radius 2 is 2.00 bits per heavy atom. The molecule has 0 spiro atoms. The Morgan fingerprint density at radius 3 is 2.61 bits per heavy atom. The van der Waals surface area contributed by atoms with Gasteiger partial charge < -0.3 is 5.32 Å². The average Bonchev–Trinajstić information content (AvgIpc) is 2.33. The van der Waals surface area contributed by atoms with Crippen molar-refractivity contribution in [2.24, 2.45) is 11.8 Å². The highest BCUT2D eigenvalue weighted by molar-refractivity contribution is 7.91. The fourth-order valence-corrected chi connectivity index (χ4v) is 4.15. The van der Waals surface area contributed by atoms with E-state index in [1.807, 2.05) is 0 Å². The minimum absolute atomic E-state index is 0.0812. The quantitative estimate of drug-likeness (QED) is 0.727. The fourth-order valence-electron chi connectivity index (χ4n) is 2.95. The second-order valence-electron chi connectivity index (χ2n) is 5.89. The maximum Gasteiger partial charge on any atom is 0.150 e. The Hall–Kier alpha value is -0.0900. The number of rotatable bonds is 7. The monoisotopic (exact) mass is 275 g/mol. The number of hydrogen-bond donors (Lipinski definition) is 1. The lowest BCUT2D eigenvalue weighted by Gasteiger charge is -2.32. The maximum absolute atomic E-state index is 11.6. The lowest BCUT2D eigenvalue weighted by molar-refractivity contribution is 0.252. The minimum atomic E-state index is -2.84. The van der Waals surface area contributed by atoms with Gasteiger partial charge in [0.05, 0.1) is 5.25 Å². The summed E-state index contributed by atoms with van der Waals surface area (Å²) < 4.78 is 23.3. The molecule has 1 aliphatic carbocycles. The van der Waals surface area contributed by atoms with Crippen molar-refractivity contribution in [1.82, 2.24) is 5.32 Å². The molecule has 3 nitrogen and oxygen atoms in total. The molecule has 4 heteroatoms. The lowest BCUT2D eigenvalue weighted by Crippen LogP contribution is -2.31. The van der Waals surface area contributed by atoms with Crippen molar-refractivity contribution in [2.75, 3.05) is 19.3 Å². The molecule has 1 N–H and O–H groups in total. The summed E-state index contributed by atoms with van der Waals surface area (Å²) in [5.74, 6) is 1.24. The van der Waals surface area contributed by atoms with E-state index in [-0.39, 0.29) is 5.25 Å². The molecule has 0 bridgehead atoms. The van der Waals surface area contributed by atoms with Crippen molar-refractivity contribution in [1.29, 1.82) is 0 Å². The Balaban J connectivity index is 2.36. The normalized spacial score (nSPS) is 27.1. The van der Waals surface area contributed by atoms with E-state index in [2.05, 4.69) is 19.2 Å². The Bertz CT molecular complexity index is 327. The van der Waals surface area contributed by atoms with Gasteiger partial charge in [0.1, 0.15) is 9.84 Å². The maximum atomic E-state index is 11.6. The molecule has 108 valence electrons. The van der Waals surface area contributed by atoms with Gasteiger partial charge in [-0.05, 0) is 50.6 Å². The van der Waals surface area contributed by atoms with Crippen LogP contribution in [0.4, 0.5) is 0 Å². The first-order valence-corrected chi connectivity index (χ1v) is 9.30. The molecule has 0 amide bonds. The van der Waals surface area contributed by atoms with Crippen LogP contribution < -0.4 is 5.32 Å². The number of nitrogens with one attached hydrogen (secondary N) is 1. The van der Waals surface area contributed by atoms with Crippen LogP contribution in [-0.4, -0.2) is 33.0 Å². The molecule has 18 heavy (non-hydrogen) atoms. The van der Waals surface area contributed by atoms with Crippen molar-refractivity contribution >= 4 is 9.84 Å². The van der Waals surface area contributed by atoms with Crippen LogP contribution in [0.25, 0.3) is 0 Å². The van der Waals surface area contributed by atoms with Crippen LogP contribution in [0.15, 0.2) is 0 Å². The molecule has 1 fully saturated rings. The van der Waals surface area contributed by atoms with Crippen molar-refractivity contribution in [3.05, 3.63) is 0 Å². The summed E-state index contributed by atoms with van der Waals surface area (Å²) >= 11 is 0. The molecule has 0 heterocycles. The summed E-state index contributed by atoms with van der Waals surface area (Å²) in [4.78, 5) is 0. The van der Waals surface area contributed by atoms with Crippen LogP contribution in [0.1, 0.15) is 52.4 Å². The molecule has 0 saturated heterocycles. The van der Waals surface area contributed by atoms with Crippen LogP contribution >= 0.6 is 0 Å². The number of sulfone groups is 1. The Labute approximate surface area is 113 Å². The number of hydrogen-bond acceptors (Lipinski definition) is 3. The SMILES string of the molecule is CCCNCCC(C)C1CCCC(S(C)(=O)=O)C1. The van der Waals surface area contributed by atoms with Crippen molar-refractivity contribution in [2.45, 2.75) is 57.6 Å². The second-order valence-corrected chi connectivity index (χ2v) is 8.22. The van der Waals surface area contributed by atoms with Crippen LogP contribution in [0.5, 0.6) is 0 Å². The summed E-state index contributed by atoms with van der Waals surface area (Å²) in [6, 6.07) is 0. The zero-order valence-electron chi connectivity index (χ0n) is 12.1. The first-order valence-electron chi connectivity index (χ1n) is 7.34. The topological polar surface area (TPSA) is 46.2 Å². The van der Waals surface area contributed by atoms with E-state index in [0.717, 1.165) is 32.4 Å². The molecular formula is C14H29NO2S. The van der Waals surface area contributed by atoms with E-state index >= 15 is 0 Å². The van der Waals surface area contributed by atoms with Gasteiger partial charge in [0, 0.05) is 6.26 Å². The van der Waals surface area contributed by atoms with Gasteiger partial charge in [-0.25, -0.2) is 8.42 Å². The van der Waals surface area contributed by atoms with Crippen molar-refractivity contribution in [3.8, 4) is 0 Å². The summed E-state index contributed by atoms with van der Waals surface area (Å²) in [5, 5.41) is 3.35. The first kappa shape index (κ1) is 16.0. The summed E-state index contributed by atoms with van der Waals surface area (Å²) in [6.07, 6.45) is 7.78. The van der Waals surface area contributed by atoms with E-state index in [4.69, 9.17) is 0 Å². The van der Waals surface area contributed by atoms with Gasteiger partial charge in [0.2, 0.25) is 0 Å². The largest absolute Gasteiger partial charge is 0.317 e. The van der Waals surface area contributed by atoms with Crippen molar-refractivity contribution in [3.63, 3.8) is 0 Å². The third-order valence-electron chi connectivity index (χ3n) is 4.28. The smallest absolute Gasteiger partial charge is 0.150 e.